The van der Waals surface area contributed by atoms with Gasteiger partial charge in [0.15, 0.2) is 0 Å². The molecule has 0 spiro atoms. The Kier molecular flexibility index (Phi) is 8.63. The monoisotopic (exact) mass is 502 g/mol. The number of amides is 2. The van der Waals surface area contributed by atoms with Crippen molar-refractivity contribution in [3.8, 4) is 0 Å². The van der Waals surface area contributed by atoms with Crippen molar-refractivity contribution in [2.45, 2.75) is 77.4 Å². The standard InChI is InChI=1S/C31H38N2O2S/c1-31(2,3)26-18-16-25(17-19-26)30(35)33(27-13-8-5-9-14-27)23-29(34)32(22-28-15-10-20-36-28)21-24-11-6-4-7-12-24/h4,6-7,10-12,15-20,27H,5,8-9,13-14,21-23H2,1-3H3. The molecule has 0 bridgehead atoms. The number of thiophene rings is 1. The van der Waals surface area contributed by atoms with Crippen molar-refractivity contribution < 1.29 is 9.59 Å². The first kappa shape index (κ1) is 26.2. The Hall–Kier alpha value is -2.92. The summed E-state index contributed by atoms with van der Waals surface area (Å²) < 4.78 is 0. The van der Waals surface area contributed by atoms with Gasteiger partial charge in [0.1, 0.15) is 6.54 Å². The first-order chi connectivity index (χ1) is 17.3. The lowest BCUT2D eigenvalue weighted by molar-refractivity contribution is -0.133. The summed E-state index contributed by atoms with van der Waals surface area (Å²) in [5.74, 6) is -0.0380. The average molecular weight is 503 g/mol. The highest BCUT2D eigenvalue weighted by atomic mass is 32.1. The number of carbonyl (C=O) groups is 2. The molecule has 1 heterocycles. The molecule has 1 aliphatic rings. The summed E-state index contributed by atoms with van der Waals surface area (Å²) in [6, 6.07) is 22.2. The number of rotatable bonds is 8. The Labute approximate surface area is 219 Å². The molecule has 0 radical (unpaired) electrons. The molecule has 0 saturated heterocycles. The van der Waals surface area contributed by atoms with Gasteiger partial charge in [0.25, 0.3) is 5.91 Å². The van der Waals surface area contributed by atoms with Gasteiger partial charge in [-0.15, -0.1) is 11.3 Å². The summed E-state index contributed by atoms with van der Waals surface area (Å²) in [5, 5.41) is 2.04. The van der Waals surface area contributed by atoms with Crippen LogP contribution in [0.1, 0.15) is 79.2 Å². The molecular weight excluding hydrogens is 464 g/mol. The highest BCUT2D eigenvalue weighted by Crippen LogP contribution is 2.26. The molecule has 2 aromatic carbocycles. The van der Waals surface area contributed by atoms with Crippen molar-refractivity contribution in [2.75, 3.05) is 6.54 Å². The third kappa shape index (κ3) is 6.85. The van der Waals surface area contributed by atoms with Crippen LogP contribution >= 0.6 is 11.3 Å². The molecule has 3 aromatic rings. The Morgan fingerprint density at radius 2 is 1.56 bits per heavy atom. The third-order valence-corrected chi connectivity index (χ3v) is 7.94. The zero-order chi connectivity index (χ0) is 25.5. The first-order valence-electron chi connectivity index (χ1n) is 13.1. The van der Waals surface area contributed by atoms with Gasteiger partial charge in [-0.05, 0) is 53.0 Å². The zero-order valence-electron chi connectivity index (χ0n) is 21.8. The van der Waals surface area contributed by atoms with Crippen LogP contribution < -0.4 is 0 Å². The Bertz CT molecular complexity index is 1110. The van der Waals surface area contributed by atoms with Crippen molar-refractivity contribution in [1.82, 2.24) is 9.80 Å². The van der Waals surface area contributed by atoms with E-state index in [1.165, 1.54) is 12.0 Å². The van der Waals surface area contributed by atoms with E-state index in [1.807, 2.05) is 63.7 Å². The third-order valence-electron chi connectivity index (χ3n) is 7.08. The van der Waals surface area contributed by atoms with E-state index in [1.54, 1.807) is 11.3 Å². The lowest BCUT2D eigenvalue weighted by atomic mass is 9.86. The quantitative estimate of drug-likeness (QED) is 0.331. The molecule has 0 N–H and O–H groups in total. The second-order valence-electron chi connectivity index (χ2n) is 10.9. The SMILES string of the molecule is CC(C)(C)c1ccc(C(=O)N(CC(=O)N(Cc2ccccc2)Cc2cccs2)C2CCCCC2)cc1. The molecule has 4 nitrogen and oxygen atoms in total. The molecule has 1 fully saturated rings. The molecule has 4 rings (SSSR count). The van der Waals surface area contributed by atoms with Crippen molar-refractivity contribution in [3.63, 3.8) is 0 Å². The number of benzene rings is 2. The lowest BCUT2D eigenvalue weighted by Crippen LogP contribution is -2.48. The molecule has 2 amide bonds. The summed E-state index contributed by atoms with van der Waals surface area (Å²) in [6.07, 6.45) is 5.33. The molecule has 0 atom stereocenters. The fourth-order valence-electron chi connectivity index (χ4n) is 4.91. The van der Waals surface area contributed by atoms with E-state index in [0.29, 0.717) is 18.7 Å². The van der Waals surface area contributed by atoms with Crippen LogP contribution in [0.2, 0.25) is 0 Å². The number of hydrogen-bond acceptors (Lipinski definition) is 3. The molecule has 1 aliphatic carbocycles. The Balaban J connectivity index is 1.57. The van der Waals surface area contributed by atoms with Gasteiger partial charge in [0.05, 0.1) is 6.54 Å². The fourth-order valence-corrected chi connectivity index (χ4v) is 5.63. The van der Waals surface area contributed by atoms with Gasteiger partial charge in [-0.3, -0.25) is 9.59 Å². The number of hydrogen-bond donors (Lipinski definition) is 0. The van der Waals surface area contributed by atoms with Crippen LogP contribution in [0.25, 0.3) is 0 Å². The van der Waals surface area contributed by atoms with Crippen LogP contribution in [0.4, 0.5) is 0 Å². The maximum Gasteiger partial charge on any atom is 0.254 e. The van der Waals surface area contributed by atoms with Gasteiger partial charge in [-0.25, -0.2) is 0 Å². The predicted molar refractivity (Wildman–Crippen MR) is 148 cm³/mol. The van der Waals surface area contributed by atoms with E-state index < -0.39 is 0 Å². The predicted octanol–water partition coefficient (Wildman–Crippen LogP) is 7.05. The fraction of sp³-hybridized carbons (Fsp3) is 0.419. The van der Waals surface area contributed by atoms with E-state index in [9.17, 15) is 9.59 Å². The molecule has 0 aliphatic heterocycles. The van der Waals surface area contributed by atoms with E-state index in [-0.39, 0.29) is 29.8 Å². The zero-order valence-corrected chi connectivity index (χ0v) is 22.6. The van der Waals surface area contributed by atoms with Crippen molar-refractivity contribution in [1.29, 1.82) is 0 Å². The van der Waals surface area contributed by atoms with Gasteiger partial charge in [-0.1, -0.05) is 88.6 Å². The van der Waals surface area contributed by atoms with Crippen LogP contribution in [-0.2, 0) is 23.3 Å². The Morgan fingerprint density at radius 1 is 0.861 bits per heavy atom. The van der Waals surface area contributed by atoms with Crippen molar-refractivity contribution in [2.24, 2.45) is 0 Å². The maximum atomic E-state index is 13.8. The smallest absolute Gasteiger partial charge is 0.254 e. The Morgan fingerprint density at radius 3 is 2.17 bits per heavy atom. The van der Waals surface area contributed by atoms with Crippen LogP contribution in [0.5, 0.6) is 0 Å². The molecule has 1 saturated carbocycles. The van der Waals surface area contributed by atoms with Gasteiger partial charge >= 0.3 is 0 Å². The van der Waals surface area contributed by atoms with Crippen LogP contribution in [0.15, 0.2) is 72.1 Å². The molecule has 1 aromatic heterocycles. The van der Waals surface area contributed by atoms with Crippen LogP contribution in [0.3, 0.4) is 0 Å². The minimum absolute atomic E-state index is 0.00233. The number of carbonyl (C=O) groups excluding carboxylic acids is 2. The highest BCUT2D eigenvalue weighted by Gasteiger charge is 2.30. The lowest BCUT2D eigenvalue weighted by Gasteiger charge is -2.35. The first-order valence-corrected chi connectivity index (χ1v) is 13.9. The van der Waals surface area contributed by atoms with Gasteiger partial charge in [-0.2, -0.15) is 0 Å². The molecule has 5 heteroatoms. The number of nitrogens with zero attached hydrogens (tertiary/aromatic N) is 2. The van der Waals surface area contributed by atoms with Gasteiger partial charge in [0.2, 0.25) is 5.91 Å². The average Bonchev–Trinajstić information content (AvgIpc) is 3.40. The van der Waals surface area contributed by atoms with Crippen LogP contribution in [-0.4, -0.2) is 34.2 Å². The van der Waals surface area contributed by atoms with Gasteiger partial charge < -0.3 is 9.80 Å². The summed E-state index contributed by atoms with van der Waals surface area (Å²) in [7, 11) is 0. The van der Waals surface area contributed by atoms with E-state index in [4.69, 9.17) is 0 Å². The second kappa shape index (κ2) is 11.9. The topological polar surface area (TPSA) is 40.6 Å². The molecular formula is C31H38N2O2S. The summed E-state index contributed by atoms with van der Waals surface area (Å²) in [5.41, 5.74) is 2.98. The summed E-state index contributed by atoms with van der Waals surface area (Å²) >= 11 is 1.66. The minimum Gasteiger partial charge on any atom is -0.332 e. The maximum absolute atomic E-state index is 13.8. The van der Waals surface area contributed by atoms with Crippen molar-refractivity contribution in [3.05, 3.63) is 93.7 Å². The van der Waals surface area contributed by atoms with E-state index in [0.717, 1.165) is 36.1 Å². The largest absolute Gasteiger partial charge is 0.332 e. The summed E-state index contributed by atoms with van der Waals surface area (Å²) in [6.45, 7) is 7.72. The van der Waals surface area contributed by atoms with E-state index in [2.05, 4.69) is 39.0 Å². The van der Waals surface area contributed by atoms with E-state index >= 15 is 0 Å². The van der Waals surface area contributed by atoms with Crippen LogP contribution in [0, 0.1) is 0 Å². The molecule has 190 valence electrons. The summed E-state index contributed by atoms with van der Waals surface area (Å²) in [4.78, 5) is 32.5. The second-order valence-corrected chi connectivity index (χ2v) is 11.9. The molecule has 0 unspecified atom stereocenters. The van der Waals surface area contributed by atoms with Gasteiger partial charge in [0, 0.05) is 23.0 Å². The molecule has 36 heavy (non-hydrogen) atoms. The normalized spacial score (nSPS) is 14.4. The van der Waals surface area contributed by atoms with Crippen molar-refractivity contribution >= 4 is 23.2 Å². The highest BCUT2D eigenvalue weighted by molar-refractivity contribution is 7.09. The minimum atomic E-state index is -0.0357.